The van der Waals surface area contributed by atoms with E-state index in [1.54, 1.807) is 0 Å². The highest BCUT2D eigenvalue weighted by Crippen LogP contribution is 2.00. The molecule has 0 saturated carbocycles. The van der Waals surface area contributed by atoms with Crippen molar-refractivity contribution in [2.45, 2.75) is 19.4 Å². The van der Waals surface area contributed by atoms with Gasteiger partial charge in [0.25, 0.3) is 11.5 Å². The molecule has 0 unspecified atom stereocenters. The predicted octanol–water partition coefficient (Wildman–Crippen LogP) is 0.760. The van der Waals surface area contributed by atoms with Crippen LogP contribution in [0.15, 0.2) is 47.3 Å². The molecule has 0 fully saturated rings. The Hall–Kier alpha value is -2.47. The molecule has 3 N–H and O–H groups in total. The minimum absolute atomic E-state index is 0.233. The molecule has 0 saturated heterocycles. The van der Waals surface area contributed by atoms with Gasteiger partial charge in [-0.15, -0.1) is 0 Å². The zero-order valence-electron chi connectivity index (χ0n) is 12.4. The Balaban J connectivity index is 2.06. The fourth-order valence-corrected chi connectivity index (χ4v) is 2.00. The van der Waals surface area contributed by atoms with Crippen molar-refractivity contribution >= 4 is 5.91 Å². The first-order valence-electron chi connectivity index (χ1n) is 7.31. The van der Waals surface area contributed by atoms with Crippen LogP contribution in [-0.4, -0.2) is 28.8 Å². The van der Waals surface area contributed by atoms with E-state index >= 15 is 0 Å². The number of carbonyl (C=O) groups excluding carboxylic acids is 1. The van der Waals surface area contributed by atoms with E-state index in [1.165, 1.54) is 16.8 Å². The number of nitrogens with zero attached hydrogens (tertiary/aromatic N) is 2. The van der Waals surface area contributed by atoms with Crippen molar-refractivity contribution in [2.75, 3.05) is 13.1 Å². The van der Waals surface area contributed by atoms with E-state index in [0.717, 1.165) is 18.4 Å². The van der Waals surface area contributed by atoms with E-state index < -0.39 is 0 Å². The number of rotatable bonds is 7. The Morgan fingerprint density at radius 1 is 1.14 bits per heavy atom. The summed E-state index contributed by atoms with van der Waals surface area (Å²) in [5, 5.41) is 6.91. The van der Waals surface area contributed by atoms with E-state index in [-0.39, 0.29) is 17.2 Å². The second-order valence-electron chi connectivity index (χ2n) is 4.95. The van der Waals surface area contributed by atoms with Crippen LogP contribution in [0, 0.1) is 0 Å². The highest BCUT2D eigenvalue weighted by Gasteiger charge is 2.09. The van der Waals surface area contributed by atoms with Gasteiger partial charge in [0.2, 0.25) is 0 Å². The maximum absolute atomic E-state index is 12.0. The maximum atomic E-state index is 12.0. The van der Waals surface area contributed by atoms with Gasteiger partial charge in [-0.05, 0) is 31.0 Å². The Morgan fingerprint density at radius 3 is 2.64 bits per heavy atom. The molecule has 0 aliphatic carbocycles. The third-order valence-electron chi connectivity index (χ3n) is 3.19. The van der Waals surface area contributed by atoms with Crippen molar-refractivity contribution in [3.8, 4) is 0 Å². The second-order valence-corrected chi connectivity index (χ2v) is 4.95. The molecular formula is C16H20N4O2. The summed E-state index contributed by atoms with van der Waals surface area (Å²) in [5.41, 5.74) is 6.37. The zero-order valence-corrected chi connectivity index (χ0v) is 12.4. The summed E-state index contributed by atoms with van der Waals surface area (Å²) in [5.74, 6) is -0.279. The average molecular weight is 300 g/mol. The number of unbranched alkanes of at least 4 members (excludes halogenated alkanes) is 1. The summed E-state index contributed by atoms with van der Waals surface area (Å²) in [7, 11) is 0. The first-order valence-corrected chi connectivity index (χ1v) is 7.31. The molecule has 0 aliphatic heterocycles. The van der Waals surface area contributed by atoms with E-state index in [2.05, 4.69) is 10.4 Å². The van der Waals surface area contributed by atoms with Crippen LogP contribution in [0.2, 0.25) is 0 Å². The standard InChI is InChI=1S/C16H20N4O2/c17-10-4-5-11-18-16(22)14-8-9-15(21)20(19-14)12-13-6-2-1-3-7-13/h1-3,6-9H,4-5,10-12,17H2,(H,18,22). The normalized spacial score (nSPS) is 10.4. The van der Waals surface area contributed by atoms with Gasteiger partial charge in [0.05, 0.1) is 6.54 Å². The topological polar surface area (TPSA) is 90.0 Å². The van der Waals surface area contributed by atoms with Crippen LogP contribution in [0.25, 0.3) is 0 Å². The van der Waals surface area contributed by atoms with Gasteiger partial charge in [-0.25, -0.2) is 4.68 Å². The highest BCUT2D eigenvalue weighted by atomic mass is 16.2. The molecule has 6 heteroatoms. The van der Waals surface area contributed by atoms with Gasteiger partial charge in [0.1, 0.15) is 5.69 Å². The molecule has 1 heterocycles. The highest BCUT2D eigenvalue weighted by molar-refractivity contribution is 5.91. The Morgan fingerprint density at radius 2 is 1.91 bits per heavy atom. The van der Waals surface area contributed by atoms with Crippen LogP contribution in [0.4, 0.5) is 0 Å². The lowest BCUT2D eigenvalue weighted by molar-refractivity contribution is 0.0945. The molecule has 116 valence electrons. The number of nitrogens with one attached hydrogen (secondary N) is 1. The lowest BCUT2D eigenvalue weighted by Crippen LogP contribution is -2.30. The first-order chi connectivity index (χ1) is 10.7. The second kappa shape index (κ2) is 8.09. The van der Waals surface area contributed by atoms with Gasteiger partial charge in [-0.3, -0.25) is 9.59 Å². The van der Waals surface area contributed by atoms with Crippen molar-refractivity contribution in [3.05, 3.63) is 64.1 Å². The molecule has 6 nitrogen and oxygen atoms in total. The van der Waals surface area contributed by atoms with Crippen molar-refractivity contribution in [3.63, 3.8) is 0 Å². The molecule has 1 aromatic heterocycles. The van der Waals surface area contributed by atoms with Crippen LogP contribution in [0.3, 0.4) is 0 Å². The molecule has 1 amide bonds. The summed E-state index contributed by atoms with van der Waals surface area (Å²) in [6, 6.07) is 12.3. The molecule has 2 aromatic rings. The minimum atomic E-state index is -0.279. The van der Waals surface area contributed by atoms with Crippen LogP contribution >= 0.6 is 0 Å². The molecule has 1 aromatic carbocycles. The predicted molar refractivity (Wildman–Crippen MR) is 84.7 cm³/mol. The average Bonchev–Trinajstić information content (AvgIpc) is 2.54. The fourth-order valence-electron chi connectivity index (χ4n) is 2.00. The van der Waals surface area contributed by atoms with Crippen LogP contribution in [0.5, 0.6) is 0 Å². The summed E-state index contributed by atoms with van der Waals surface area (Å²) in [6.07, 6.45) is 1.69. The molecule has 22 heavy (non-hydrogen) atoms. The molecular weight excluding hydrogens is 280 g/mol. The summed E-state index contributed by atoms with van der Waals surface area (Å²) in [4.78, 5) is 23.9. The number of hydrogen-bond acceptors (Lipinski definition) is 4. The molecule has 2 rings (SSSR count). The SMILES string of the molecule is NCCCCNC(=O)c1ccc(=O)n(Cc2ccccc2)n1. The summed E-state index contributed by atoms with van der Waals surface area (Å²) < 4.78 is 1.30. The van der Waals surface area contributed by atoms with Crippen LogP contribution in [0.1, 0.15) is 28.9 Å². The Bertz CT molecular complexity index is 667. The molecule has 0 spiro atoms. The largest absolute Gasteiger partial charge is 0.351 e. The number of benzene rings is 1. The third kappa shape index (κ3) is 4.53. The maximum Gasteiger partial charge on any atom is 0.271 e. The van der Waals surface area contributed by atoms with Gasteiger partial charge < -0.3 is 11.1 Å². The quantitative estimate of drug-likeness (QED) is 0.739. The van der Waals surface area contributed by atoms with Gasteiger partial charge in [-0.2, -0.15) is 5.10 Å². The van der Waals surface area contributed by atoms with E-state index in [9.17, 15) is 9.59 Å². The van der Waals surface area contributed by atoms with Crippen molar-refractivity contribution in [1.82, 2.24) is 15.1 Å². The number of hydrogen-bond donors (Lipinski definition) is 2. The van der Waals surface area contributed by atoms with E-state index in [0.29, 0.717) is 19.6 Å². The number of nitrogens with two attached hydrogens (primary N) is 1. The fraction of sp³-hybridized carbons (Fsp3) is 0.312. The molecule has 0 atom stereocenters. The van der Waals surface area contributed by atoms with Gasteiger partial charge in [0, 0.05) is 12.6 Å². The monoisotopic (exact) mass is 300 g/mol. The Labute approximate surface area is 129 Å². The molecule has 0 aliphatic rings. The van der Waals surface area contributed by atoms with Crippen molar-refractivity contribution in [1.29, 1.82) is 0 Å². The first kappa shape index (κ1) is 15.9. The molecule has 0 radical (unpaired) electrons. The van der Waals surface area contributed by atoms with Crippen molar-refractivity contribution < 1.29 is 4.79 Å². The van der Waals surface area contributed by atoms with Gasteiger partial charge >= 0.3 is 0 Å². The lowest BCUT2D eigenvalue weighted by Gasteiger charge is -2.08. The Kier molecular flexibility index (Phi) is 5.85. The van der Waals surface area contributed by atoms with E-state index in [1.807, 2.05) is 30.3 Å². The van der Waals surface area contributed by atoms with E-state index in [4.69, 9.17) is 5.73 Å². The number of carbonyl (C=O) groups is 1. The zero-order chi connectivity index (χ0) is 15.8. The molecule has 0 bridgehead atoms. The van der Waals surface area contributed by atoms with Crippen LogP contribution in [-0.2, 0) is 6.54 Å². The minimum Gasteiger partial charge on any atom is -0.351 e. The summed E-state index contributed by atoms with van der Waals surface area (Å²) >= 11 is 0. The number of aromatic nitrogens is 2. The third-order valence-corrected chi connectivity index (χ3v) is 3.19. The van der Waals surface area contributed by atoms with Gasteiger partial charge in [0.15, 0.2) is 0 Å². The summed E-state index contributed by atoms with van der Waals surface area (Å²) in [6.45, 7) is 1.50. The smallest absolute Gasteiger partial charge is 0.271 e. The van der Waals surface area contributed by atoms with Gasteiger partial charge in [-0.1, -0.05) is 30.3 Å². The van der Waals surface area contributed by atoms with Crippen LogP contribution < -0.4 is 16.6 Å². The number of amides is 1. The lowest BCUT2D eigenvalue weighted by atomic mass is 10.2. The van der Waals surface area contributed by atoms with Crippen molar-refractivity contribution in [2.24, 2.45) is 5.73 Å².